The highest BCUT2D eigenvalue weighted by Gasteiger charge is 2.37. The molecule has 19 heavy (non-hydrogen) atoms. The number of likely N-dealkylation sites (tertiary alicyclic amines) is 1. The van der Waals surface area contributed by atoms with Crippen LogP contribution >= 0.6 is 22.9 Å². The molecule has 0 N–H and O–H groups in total. The molecule has 3 nitrogen and oxygen atoms in total. The molecule has 2 rings (SSSR count). The lowest BCUT2D eigenvalue weighted by atomic mass is 10.2. The molecule has 1 aliphatic rings. The fourth-order valence-electron chi connectivity index (χ4n) is 1.87. The summed E-state index contributed by atoms with van der Waals surface area (Å²) in [5.41, 5.74) is 0.423. The molecule has 104 valence electrons. The second-order valence-corrected chi connectivity index (χ2v) is 5.80. The summed E-state index contributed by atoms with van der Waals surface area (Å²) >= 11 is 6.98. The Morgan fingerprint density at radius 2 is 2.32 bits per heavy atom. The molecule has 0 unspecified atom stereocenters. The van der Waals surface area contributed by atoms with Gasteiger partial charge in [-0.05, 0) is 12.8 Å². The van der Waals surface area contributed by atoms with Crippen LogP contribution in [0.15, 0.2) is 18.0 Å². The van der Waals surface area contributed by atoms with Crippen molar-refractivity contribution in [1.29, 1.82) is 0 Å². The van der Waals surface area contributed by atoms with Gasteiger partial charge in [0.1, 0.15) is 0 Å². The third-order valence-electron chi connectivity index (χ3n) is 2.72. The predicted octanol–water partition coefficient (Wildman–Crippen LogP) is 3.41. The summed E-state index contributed by atoms with van der Waals surface area (Å²) in [6, 6.07) is 0. The molecule has 0 atom stereocenters. The lowest BCUT2D eigenvalue weighted by molar-refractivity contribution is -0.165. The van der Waals surface area contributed by atoms with Crippen LogP contribution in [-0.4, -0.2) is 28.4 Å². The van der Waals surface area contributed by atoms with E-state index in [2.05, 4.69) is 4.98 Å². The number of hydrogen-bond donors (Lipinski definition) is 0. The number of carbonyl (C=O) groups is 1. The van der Waals surface area contributed by atoms with Gasteiger partial charge >= 0.3 is 6.18 Å². The summed E-state index contributed by atoms with van der Waals surface area (Å²) in [7, 11) is 0. The minimum absolute atomic E-state index is 0.395. The average molecular weight is 311 g/mol. The zero-order valence-corrected chi connectivity index (χ0v) is 11.3. The number of alkyl halides is 3. The number of thiazole rings is 1. The monoisotopic (exact) mass is 310 g/mol. The first-order valence-corrected chi connectivity index (χ1v) is 6.72. The Hall–Kier alpha value is -1.08. The number of ketones is 1. The molecule has 0 saturated carbocycles. The summed E-state index contributed by atoms with van der Waals surface area (Å²) in [6.07, 6.45) is -1.31. The molecule has 1 saturated heterocycles. The summed E-state index contributed by atoms with van der Waals surface area (Å²) in [5, 5.41) is 0. The topological polar surface area (TPSA) is 33.2 Å². The molecule has 0 bridgehead atoms. The first-order valence-electron chi connectivity index (χ1n) is 5.53. The Labute approximate surface area is 116 Å². The summed E-state index contributed by atoms with van der Waals surface area (Å²) in [4.78, 5) is 17.5. The second-order valence-electron chi connectivity index (χ2n) is 4.10. The van der Waals surface area contributed by atoms with Crippen LogP contribution in [0, 0.1) is 0 Å². The number of allylic oxidation sites excluding steroid dienone is 2. The highest BCUT2D eigenvalue weighted by molar-refractivity contribution is 7.15. The van der Waals surface area contributed by atoms with Gasteiger partial charge in [0, 0.05) is 29.4 Å². The van der Waals surface area contributed by atoms with Crippen molar-refractivity contribution in [2.24, 2.45) is 0 Å². The van der Waals surface area contributed by atoms with Crippen molar-refractivity contribution in [2.45, 2.75) is 25.6 Å². The maximum Gasteiger partial charge on any atom is 0.454 e. The molecule has 8 heteroatoms. The minimum Gasteiger partial charge on any atom is -0.369 e. The Bertz CT molecular complexity index is 512. The third-order valence-corrected chi connectivity index (χ3v) is 3.82. The van der Waals surface area contributed by atoms with Crippen LogP contribution in [0.2, 0.25) is 4.47 Å². The van der Waals surface area contributed by atoms with E-state index in [1.165, 1.54) is 11.3 Å². The number of nitrogens with zero attached hydrogens (tertiary/aromatic N) is 2. The van der Waals surface area contributed by atoms with E-state index in [1.807, 2.05) is 0 Å². The normalized spacial score (nSPS) is 18.3. The van der Waals surface area contributed by atoms with E-state index in [0.717, 1.165) is 11.3 Å². The number of aromatic nitrogens is 1. The fraction of sp³-hybridized carbons (Fsp3) is 0.455. The van der Waals surface area contributed by atoms with Gasteiger partial charge in [0.15, 0.2) is 4.47 Å². The van der Waals surface area contributed by atoms with Crippen LogP contribution < -0.4 is 0 Å². The lowest BCUT2D eigenvalue weighted by Crippen LogP contribution is -2.23. The summed E-state index contributed by atoms with van der Waals surface area (Å²) in [5.74, 6) is -1.81. The maximum atomic E-state index is 12.2. The molecule has 1 fully saturated rings. The molecular formula is C11H10ClF3N2OS. The Kier molecular flexibility index (Phi) is 4.15. The van der Waals surface area contributed by atoms with Crippen molar-refractivity contribution >= 4 is 28.7 Å². The molecule has 1 aromatic heterocycles. The van der Waals surface area contributed by atoms with Crippen LogP contribution in [-0.2, 0) is 11.3 Å². The molecule has 2 heterocycles. The van der Waals surface area contributed by atoms with E-state index in [0.29, 0.717) is 35.8 Å². The maximum absolute atomic E-state index is 12.2. The molecule has 0 amide bonds. The zero-order valence-electron chi connectivity index (χ0n) is 9.71. The van der Waals surface area contributed by atoms with E-state index >= 15 is 0 Å². The van der Waals surface area contributed by atoms with Crippen LogP contribution in [0.1, 0.15) is 17.7 Å². The Morgan fingerprint density at radius 3 is 2.89 bits per heavy atom. The zero-order chi connectivity index (χ0) is 14.0. The largest absolute Gasteiger partial charge is 0.454 e. The van der Waals surface area contributed by atoms with Gasteiger partial charge in [-0.25, -0.2) is 4.98 Å². The first-order chi connectivity index (χ1) is 8.86. The van der Waals surface area contributed by atoms with Crippen LogP contribution in [0.3, 0.4) is 0 Å². The van der Waals surface area contributed by atoms with Crippen LogP contribution in [0.5, 0.6) is 0 Å². The molecule has 0 aliphatic carbocycles. The molecule has 1 aromatic rings. The van der Waals surface area contributed by atoms with Gasteiger partial charge in [-0.15, -0.1) is 11.3 Å². The van der Waals surface area contributed by atoms with Gasteiger partial charge in [0.25, 0.3) is 5.78 Å². The van der Waals surface area contributed by atoms with Gasteiger partial charge in [0.2, 0.25) is 0 Å². The first kappa shape index (κ1) is 14.3. The van der Waals surface area contributed by atoms with Crippen molar-refractivity contribution < 1.29 is 18.0 Å². The van der Waals surface area contributed by atoms with Crippen molar-refractivity contribution in [3.8, 4) is 0 Å². The number of carbonyl (C=O) groups excluding carboxylic acids is 1. The van der Waals surface area contributed by atoms with Gasteiger partial charge in [-0.3, -0.25) is 4.79 Å². The molecular weight excluding hydrogens is 301 g/mol. The SMILES string of the molecule is O=C(/C=C1\CCCN1Cc1cnc(Cl)s1)C(F)(F)F. The van der Waals surface area contributed by atoms with E-state index in [9.17, 15) is 18.0 Å². The van der Waals surface area contributed by atoms with Crippen LogP contribution in [0.25, 0.3) is 0 Å². The molecule has 0 radical (unpaired) electrons. The van der Waals surface area contributed by atoms with Crippen molar-refractivity contribution in [2.75, 3.05) is 6.54 Å². The van der Waals surface area contributed by atoms with Crippen LogP contribution in [0.4, 0.5) is 13.2 Å². The van der Waals surface area contributed by atoms with Gasteiger partial charge < -0.3 is 4.90 Å². The molecule has 0 aromatic carbocycles. The quantitative estimate of drug-likeness (QED) is 0.802. The predicted molar refractivity (Wildman–Crippen MR) is 65.9 cm³/mol. The van der Waals surface area contributed by atoms with Crippen molar-refractivity contribution in [3.63, 3.8) is 0 Å². The molecule has 1 aliphatic heterocycles. The second kappa shape index (κ2) is 5.50. The lowest BCUT2D eigenvalue weighted by Gasteiger charge is -2.18. The number of halogens is 4. The van der Waals surface area contributed by atoms with E-state index < -0.39 is 12.0 Å². The minimum atomic E-state index is -4.81. The van der Waals surface area contributed by atoms with Gasteiger partial charge in [-0.1, -0.05) is 11.6 Å². The average Bonchev–Trinajstić information content (AvgIpc) is 2.88. The summed E-state index contributed by atoms with van der Waals surface area (Å²) in [6.45, 7) is 1.06. The number of hydrogen-bond acceptors (Lipinski definition) is 4. The fourth-order valence-corrected chi connectivity index (χ4v) is 2.87. The van der Waals surface area contributed by atoms with E-state index in [1.54, 1.807) is 11.1 Å². The number of rotatable bonds is 3. The Balaban J connectivity index is 2.09. The van der Waals surface area contributed by atoms with Crippen molar-refractivity contribution in [3.05, 3.63) is 27.3 Å². The molecule has 0 spiro atoms. The smallest absolute Gasteiger partial charge is 0.369 e. The van der Waals surface area contributed by atoms with E-state index in [4.69, 9.17) is 11.6 Å². The highest BCUT2D eigenvalue weighted by Crippen LogP contribution is 2.28. The third kappa shape index (κ3) is 3.70. The van der Waals surface area contributed by atoms with Gasteiger partial charge in [-0.2, -0.15) is 13.2 Å². The van der Waals surface area contributed by atoms with Crippen molar-refractivity contribution in [1.82, 2.24) is 9.88 Å². The van der Waals surface area contributed by atoms with Gasteiger partial charge in [0.05, 0.1) is 6.54 Å². The van der Waals surface area contributed by atoms with E-state index in [-0.39, 0.29) is 0 Å². The standard InChI is InChI=1S/C11H10ClF3N2OS/c12-10-16-5-8(19-10)6-17-3-1-2-7(17)4-9(18)11(13,14)15/h4-5H,1-3,6H2/b7-4+. The summed E-state index contributed by atoms with van der Waals surface area (Å²) < 4.78 is 37.1. The highest BCUT2D eigenvalue weighted by atomic mass is 35.5. The Morgan fingerprint density at radius 1 is 1.58 bits per heavy atom.